The van der Waals surface area contributed by atoms with Gasteiger partial charge in [-0.2, -0.15) is 0 Å². The van der Waals surface area contributed by atoms with Gasteiger partial charge in [0.15, 0.2) is 5.11 Å². The molecule has 1 aliphatic heterocycles. The van der Waals surface area contributed by atoms with Crippen LogP contribution in [0.3, 0.4) is 0 Å². The Morgan fingerprint density at radius 3 is 2.30 bits per heavy atom. The monoisotopic (exact) mass is 512 g/mol. The predicted octanol–water partition coefficient (Wildman–Crippen LogP) is 5.46. The molecule has 0 radical (unpaired) electrons. The van der Waals surface area contributed by atoms with Crippen molar-refractivity contribution in [1.29, 1.82) is 0 Å². The number of carbonyl (C=O) groups is 1. The number of anilines is 1. The maximum absolute atomic E-state index is 11.9. The first-order valence-electron chi connectivity index (χ1n) is 11.9. The van der Waals surface area contributed by atoms with E-state index in [9.17, 15) is 4.79 Å². The zero-order valence-corrected chi connectivity index (χ0v) is 22.0. The minimum atomic E-state index is -0.355. The van der Waals surface area contributed by atoms with Gasteiger partial charge in [0, 0.05) is 29.0 Å². The standard InChI is InChI=1S/C29H28N4O3S/c1-18-17-24(19(2)32(18)21-10-8-20(9-11-21)28(34)36-4)27-26(25-7-5-6-16-30-25)31-29(37)33(27)22-12-14-23(35-3)15-13-22/h5-17,26-27H,1-4H3,(H,31,37)/t26-,27+/m0/s1. The Balaban J connectivity index is 1.62. The van der Waals surface area contributed by atoms with Crippen LogP contribution < -0.4 is 15.0 Å². The van der Waals surface area contributed by atoms with E-state index < -0.39 is 0 Å². The van der Waals surface area contributed by atoms with E-state index in [2.05, 4.69) is 39.7 Å². The molecule has 2 aromatic carbocycles. The van der Waals surface area contributed by atoms with Gasteiger partial charge in [0.2, 0.25) is 0 Å². The summed E-state index contributed by atoms with van der Waals surface area (Å²) in [4.78, 5) is 18.7. The molecule has 0 saturated carbocycles. The molecule has 7 nitrogen and oxygen atoms in total. The van der Waals surface area contributed by atoms with Crippen LogP contribution in [0.25, 0.3) is 5.69 Å². The van der Waals surface area contributed by atoms with E-state index >= 15 is 0 Å². The average Bonchev–Trinajstić information content (AvgIpc) is 3.43. The predicted molar refractivity (Wildman–Crippen MR) is 148 cm³/mol. The van der Waals surface area contributed by atoms with Crippen LogP contribution in [-0.4, -0.2) is 34.9 Å². The molecule has 2 aromatic heterocycles. The molecule has 1 fully saturated rings. The van der Waals surface area contributed by atoms with Gasteiger partial charge in [-0.25, -0.2) is 4.79 Å². The summed E-state index contributed by atoms with van der Waals surface area (Å²) < 4.78 is 12.4. The second-order valence-corrected chi connectivity index (χ2v) is 9.28. The topological polar surface area (TPSA) is 68.6 Å². The number of benzene rings is 2. The van der Waals surface area contributed by atoms with Gasteiger partial charge in [0.25, 0.3) is 0 Å². The highest BCUT2D eigenvalue weighted by molar-refractivity contribution is 7.80. The molecule has 0 amide bonds. The third-order valence-corrected chi connectivity index (χ3v) is 7.10. The van der Waals surface area contributed by atoms with Gasteiger partial charge in [0.05, 0.1) is 37.6 Å². The summed E-state index contributed by atoms with van der Waals surface area (Å²) in [6.45, 7) is 4.19. The summed E-state index contributed by atoms with van der Waals surface area (Å²) >= 11 is 5.87. The second-order valence-electron chi connectivity index (χ2n) is 8.89. The second kappa shape index (κ2) is 10.1. The molecule has 3 heterocycles. The number of esters is 1. The smallest absolute Gasteiger partial charge is 0.337 e. The molecule has 8 heteroatoms. The molecule has 1 saturated heterocycles. The number of aryl methyl sites for hydroxylation is 1. The largest absolute Gasteiger partial charge is 0.497 e. The summed E-state index contributed by atoms with van der Waals surface area (Å²) in [7, 11) is 3.04. The molecule has 0 aliphatic carbocycles. The number of ether oxygens (including phenoxy) is 2. The van der Waals surface area contributed by atoms with Gasteiger partial charge < -0.3 is 24.3 Å². The number of methoxy groups -OCH3 is 2. The van der Waals surface area contributed by atoms with Crippen molar-refractivity contribution in [3.63, 3.8) is 0 Å². The Bertz CT molecular complexity index is 1430. The number of aromatic nitrogens is 2. The van der Waals surface area contributed by atoms with Crippen molar-refractivity contribution in [2.75, 3.05) is 19.1 Å². The summed E-state index contributed by atoms with van der Waals surface area (Å²) in [5.74, 6) is 0.431. The van der Waals surface area contributed by atoms with Crippen molar-refractivity contribution < 1.29 is 14.3 Å². The third kappa shape index (κ3) is 4.44. The van der Waals surface area contributed by atoms with Gasteiger partial charge in [-0.05, 0) is 98.4 Å². The summed E-state index contributed by atoms with van der Waals surface area (Å²) in [5.41, 5.74) is 6.65. The molecule has 0 unspecified atom stereocenters. The number of hydrogen-bond acceptors (Lipinski definition) is 5. The van der Waals surface area contributed by atoms with Gasteiger partial charge in [-0.3, -0.25) is 4.98 Å². The highest BCUT2D eigenvalue weighted by atomic mass is 32.1. The fourth-order valence-electron chi connectivity index (χ4n) is 5.04. The van der Waals surface area contributed by atoms with Crippen molar-refractivity contribution in [3.05, 3.63) is 107 Å². The van der Waals surface area contributed by atoms with Crippen LogP contribution >= 0.6 is 12.2 Å². The fraction of sp³-hybridized carbons (Fsp3) is 0.207. The van der Waals surface area contributed by atoms with Gasteiger partial charge >= 0.3 is 5.97 Å². The van der Waals surface area contributed by atoms with E-state index in [1.54, 1.807) is 25.4 Å². The van der Waals surface area contributed by atoms with Crippen LogP contribution in [0.15, 0.2) is 79.0 Å². The van der Waals surface area contributed by atoms with Crippen LogP contribution in [0.4, 0.5) is 5.69 Å². The Labute approximate surface area is 221 Å². The number of rotatable bonds is 6. The average molecular weight is 513 g/mol. The number of thiocarbonyl (C=S) groups is 1. The molecule has 1 N–H and O–H groups in total. The van der Waals surface area contributed by atoms with E-state index in [-0.39, 0.29) is 18.1 Å². The molecular formula is C29H28N4O3S. The molecule has 0 spiro atoms. The zero-order valence-electron chi connectivity index (χ0n) is 21.1. The minimum absolute atomic E-state index is 0.134. The van der Waals surface area contributed by atoms with E-state index in [0.29, 0.717) is 10.7 Å². The highest BCUT2D eigenvalue weighted by Crippen LogP contribution is 2.44. The van der Waals surface area contributed by atoms with Crippen molar-refractivity contribution in [1.82, 2.24) is 14.9 Å². The van der Waals surface area contributed by atoms with E-state index in [4.69, 9.17) is 21.7 Å². The molecule has 37 heavy (non-hydrogen) atoms. The molecule has 2 atom stereocenters. The van der Waals surface area contributed by atoms with Gasteiger partial charge in [0.1, 0.15) is 5.75 Å². The first-order valence-corrected chi connectivity index (χ1v) is 12.4. The lowest BCUT2D eigenvalue weighted by Crippen LogP contribution is -2.29. The third-order valence-electron chi connectivity index (χ3n) is 6.78. The summed E-state index contributed by atoms with van der Waals surface area (Å²) in [6.07, 6.45) is 1.80. The number of carbonyl (C=O) groups excluding carboxylic acids is 1. The normalized spacial score (nSPS) is 17.0. The van der Waals surface area contributed by atoms with Crippen molar-refractivity contribution in [3.8, 4) is 11.4 Å². The Kier molecular flexibility index (Phi) is 6.67. The lowest BCUT2D eigenvalue weighted by molar-refractivity contribution is 0.0600. The maximum Gasteiger partial charge on any atom is 0.337 e. The van der Waals surface area contributed by atoms with E-state index in [1.807, 2.05) is 54.6 Å². The van der Waals surface area contributed by atoms with E-state index in [1.165, 1.54) is 7.11 Å². The number of pyridine rings is 1. The van der Waals surface area contributed by atoms with Crippen molar-refractivity contribution >= 4 is 29.0 Å². The number of nitrogens with one attached hydrogen (secondary N) is 1. The number of nitrogens with zero attached hydrogens (tertiary/aromatic N) is 3. The van der Waals surface area contributed by atoms with Crippen LogP contribution in [0.2, 0.25) is 0 Å². The Morgan fingerprint density at radius 1 is 0.973 bits per heavy atom. The Morgan fingerprint density at radius 2 is 1.68 bits per heavy atom. The lowest BCUT2D eigenvalue weighted by Gasteiger charge is -2.28. The van der Waals surface area contributed by atoms with Crippen LogP contribution in [0.1, 0.15) is 45.1 Å². The van der Waals surface area contributed by atoms with Gasteiger partial charge in [-0.15, -0.1) is 0 Å². The minimum Gasteiger partial charge on any atom is -0.497 e. The summed E-state index contributed by atoms with van der Waals surface area (Å²) in [5, 5.41) is 4.16. The number of hydrogen-bond donors (Lipinski definition) is 1. The van der Waals surface area contributed by atoms with Crippen LogP contribution in [0, 0.1) is 13.8 Å². The van der Waals surface area contributed by atoms with E-state index in [0.717, 1.165) is 39.8 Å². The molecule has 4 aromatic rings. The lowest BCUT2D eigenvalue weighted by atomic mass is 9.96. The van der Waals surface area contributed by atoms with Crippen LogP contribution in [-0.2, 0) is 4.74 Å². The SMILES string of the molecule is COC(=O)c1ccc(-n2c(C)cc([C@@H]3[C@H](c4ccccn4)NC(=S)N3c3ccc(OC)cc3)c2C)cc1. The molecule has 1 aliphatic rings. The zero-order chi connectivity index (χ0) is 26.1. The molecular weight excluding hydrogens is 484 g/mol. The quantitative estimate of drug-likeness (QED) is 0.272. The van der Waals surface area contributed by atoms with Crippen LogP contribution in [0.5, 0.6) is 5.75 Å². The molecule has 5 rings (SSSR count). The van der Waals surface area contributed by atoms with Crippen molar-refractivity contribution in [2.45, 2.75) is 25.9 Å². The molecule has 188 valence electrons. The van der Waals surface area contributed by atoms with Gasteiger partial charge in [-0.1, -0.05) is 6.07 Å². The fourth-order valence-corrected chi connectivity index (χ4v) is 5.39. The van der Waals surface area contributed by atoms with Crippen molar-refractivity contribution in [2.24, 2.45) is 0 Å². The first kappa shape index (κ1) is 24.5. The first-order chi connectivity index (χ1) is 17.9. The highest BCUT2D eigenvalue weighted by Gasteiger charge is 2.42. The summed E-state index contributed by atoms with van der Waals surface area (Å²) in [6, 6.07) is 23.2. The Hall–Kier alpha value is -4.17. The molecule has 0 bridgehead atoms. The maximum atomic E-state index is 11.9.